The van der Waals surface area contributed by atoms with Gasteiger partial charge in [0.05, 0.1) is 0 Å². The second kappa shape index (κ2) is 5.80. The number of rotatable bonds is 2. The minimum Gasteiger partial charge on any atom is -0.317 e. The number of fused-ring (bicyclic) bond motifs is 1. The van der Waals surface area contributed by atoms with Crippen molar-refractivity contribution in [2.75, 3.05) is 5.32 Å². The van der Waals surface area contributed by atoms with Crippen molar-refractivity contribution in [2.24, 2.45) is 0 Å². The van der Waals surface area contributed by atoms with Crippen molar-refractivity contribution in [1.82, 2.24) is 0 Å². The van der Waals surface area contributed by atoms with Crippen LogP contribution in [0.2, 0.25) is 0 Å². The maximum absolute atomic E-state index is 12.0. The van der Waals surface area contributed by atoms with E-state index in [-0.39, 0.29) is 5.24 Å². The molecule has 0 aliphatic carbocycles. The summed E-state index contributed by atoms with van der Waals surface area (Å²) in [6.45, 7) is 0. The largest absolute Gasteiger partial charge is 0.317 e. The van der Waals surface area contributed by atoms with Gasteiger partial charge in [-0.3, -0.25) is 4.79 Å². The summed E-state index contributed by atoms with van der Waals surface area (Å²) in [7, 11) is 0. The maximum atomic E-state index is 12.0. The molecule has 0 saturated carbocycles. The van der Waals surface area contributed by atoms with E-state index in [4.69, 9.17) is 0 Å². The molecule has 3 aromatic rings. The number of para-hydroxylation sites is 1. The molecule has 3 aromatic carbocycles. The van der Waals surface area contributed by atoms with E-state index in [9.17, 15) is 4.79 Å². The van der Waals surface area contributed by atoms with Gasteiger partial charge >= 0.3 is 0 Å². The molecule has 0 bridgehead atoms. The Morgan fingerprint density at radius 1 is 0.800 bits per heavy atom. The summed E-state index contributed by atoms with van der Waals surface area (Å²) >= 11 is 1.20. The number of carbonyl (C=O) groups excluding carboxylic acids is 1. The maximum Gasteiger partial charge on any atom is 0.288 e. The first kappa shape index (κ1) is 12.8. The summed E-state index contributed by atoms with van der Waals surface area (Å²) in [5.41, 5.74) is 0.811. The van der Waals surface area contributed by atoms with Crippen molar-refractivity contribution in [3.8, 4) is 0 Å². The van der Waals surface area contributed by atoms with E-state index in [0.717, 1.165) is 16.0 Å². The number of carbonyl (C=O) groups is 1. The number of nitrogens with one attached hydrogen (secondary N) is 1. The second-order valence-electron chi connectivity index (χ2n) is 4.39. The van der Waals surface area contributed by atoms with Crippen LogP contribution in [-0.4, -0.2) is 5.24 Å². The van der Waals surface area contributed by atoms with Crippen LogP contribution in [0.15, 0.2) is 77.7 Å². The average Bonchev–Trinajstić information content (AvgIpc) is 2.48. The molecule has 0 fully saturated rings. The molecule has 0 radical (unpaired) electrons. The Morgan fingerprint density at radius 2 is 1.50 bits per heavy atom. The minimum atomic E-state index is -0.0773. The molecule has 0 heterocycles. The lowest BCUT2D eigenvalue weighted by Crippen LogP contribution is -2.04. The molecule has 0 saturated heterocycles. The lowest BCUT2D eigenvalue weighted by atomic mass is 10.1. The van der Waals surface area contributed by atoms with E-state index in [1.165, 1.54) is 17.1 Å². The van der Waals surface area contributed by atoms with Gasteiger partial charge in [-0.25, -0.2) is 0 Å². The zero-order valence-electron chi connectivity index (χ0n) is 10.7. The van der Waals surface area contributed by atoms with E-state index in [2.05, 4.69) is 17.4 Å². The van der Waals surface area contributed by atoms with Gasteiger partial charge in [0.1, 0.15) is 0 Å². The lowest BCUT2D eigenvalue weighted by Gasteiger charge is -2.05. The topological polar surface area (TPSA) is 29.1 Å². The Morgan fingerprint density at radius 3 is 2.30 bits per heavy atom. The van der Waals surface area contributed by atoms with Gasteiger partial charge in [0.15, 0.2) is 0 Å². The minimum absolute atomic E-state index is 0.0773. The summed E-state index contributed by atoms with van der Waals surface area (Å²) in [6, 6.07) is 23.6. The monoisotopic (exact) mass is 279 g/mol. The molecule has 98 valence electrons. The van der Waals surface area contributed by atoms with E-state index in [0.29, 0.717) is 0 Å². The van der Waals surface area contributed by atoms with Crippen LogP contribution < -0.4 is 5.32 Å². The molecular formula is C17H13NOS. The van der Waals surface area contributed by atoms with Crippen molar-refractivity contribution in [3.63, 3.8) is 0 Å². The highest BCUT2D eigenvalue weighted by atomic mass is 32.2. The SMILES string of the molecule is O=C(Nc1ccccc1)Sc1ccc2ccccc2c1. The van der Waals surface area contributed by atoms with Crippen molar-refractivity contribution in [1.29, 1.82) is 0 Å². The molecule has 2 nitrogen and oxygen atoms in total. The van der Waals surface area contributed by atoms with Gasteiger partial charge in [0.2, 0.25) is 0 Å². The first-order valence-corrected chi connectivity index (χ1v) is 7.15. The first-order chi connectivity index (χ1) is 9.81. The summed E-state index contributed by atoms with van der Waals surface area (Å²) < 4.78 is 0. The highest BCUT2D eigenvalue weighted by Gasteiger charge is 2.05. The van der Waals surface area contributed by atoms with Crippen LogP contribution in [0.4, 0.5) is 10.5 Å². The van der Waals surface area contributed by atoms with Gasteiger partial charge in [0.25, 0.3) is 5.24 Å². The van der Waals surface area contributed by atoms with Crippen LogP contribution in [0.5, 0.6) is 0 Å². The molecule has 0 aliphatic heterocycles. The summed E-state index contributed by atoms with van der Waals surface area (Å²) in [6.07, 6.45) is 0. The molecule has 1 N–H and O–H groups in total. The highest BCUT2D eigenvalue weighted by molar-refractivity contribution is 8.13. The highest BCUT2D eigenvalue weighted by Crippen LogP contribution is 2.25. The van der Waals surface area contributed by atoms with Crippen molar-refractivity contribution >= 4 is 33.5 Å². The zero-order valence-corrected chi connectivity index (χ0v) is 11.6. The molecule has 0 atom stereocenters. The molecule has 20 heavy (non-hydrogen) atoms. The summed E-state index contributed by atoms with van der Waals surface area (Å²) in [4.78, 5) is 12.9. The summed E-state index contributed by atoms with van der Waals surface area (Å²) in [5.74, 6) is 0. The predicted octanol–water partition coefficient (Wildman–Crippen LogP) is 5.16. The average molecular weight is 279 g/mol. The molecule has 0 aromatic heterocycles. The quantitative estimate of drug-likeness (QED) is 0.656. The predicted molar refractivity (Wildman–Crippen MR) is 85.3 cm³/mol. The van der Waals surface area contributed by atoms with Gasteiger partial charge in [-0.05, 0) is 46.8 Å². The van der Waals surface area contributed by atoms with E-state index in [1.807, 2.05) is 60.7 Å². The third-order valence-electron chi connectivity index (χ3n) is 2.95. The fraction of sp³-hybridized carbons (Fsp3) is 0. The van der Waals surface area contributed by atoms with E-state index < -0.39 is 0 Å². The van der Waals surface area contributed by atoms with Crippen molar-refractivity contribution in [2.45, 2.75) is 4.90 Å². The fourth-order valence-electron chi connectivity index (χ4n) is 2.00. The third-order valence-corrected chi connectivity index (χ3v) is 3.73. The van der Waals surface area contributed by atoms with Gasteiger partial charge in [0, 0.05) is 10.6 Å². The summed E-state index contributed by atoms with van der Waals surface area (Å²) in [5, 5.41) is 5.11. The van der Waals surface area contributed by atoms with Crippen LogP contribution in [0.1, 0.15) is 0 Å². The Kier molecular flexibility index (Phi) is 3.70. The standard InChI is InChI=1S/C17H13NOS/c19-17(18-15-8-2-1-3-9-15)20-16-11-10-13-6-4-5-7-14(13)12-16/h1-12H,(H,18,19). The van der Waals surface area contributed by atoms with Crippen LogP contribution in [0, 0.1) is 0 Å². The Balaban J connectivity index is 1.74. The number of anilines is 1. The number of benzene rings is 3. The van der Waals surface area contributed by atoms with E-state index >= 15 is 0 Å². The molecule has 0 spiro atoms. The number of hydrogen-bond acceptors (Lipinski definition) is 2. The van der Waals surface area contributed by atoms with Gasteiger partial charge < -0.3 is 5.32 Å². The normalized spacial score (nSPS) is 10.4. The Labute approximate surface area is 121 Å². The number of amides is 1. The van der Waals surface area contributed by atoms with Gasteiger partial charge in [-0.1, -0.05) is 48.5 Å². The lowest BCUT2D eigenvalue weighted by molar-refractivity contribution is 0.270. The number of thioether (sulfide) groups is 1. The molecule has 0 aliphatic rings. The Hall–Kier alpha value is -2.26. The van der Waals surface area contributed by atoms with Crippen LogP contribution >= 0.6 is 11.8 Å². The number of hydrogen-bond donors (Lipinski definition) is 1. The van der Waals surface area contributed by atoms with Crippen molar-refractivity contribution in [3.05, 3.63) is 72.8 Å². The molecular weight excluding hydrogens is 266 g/mol. The molecule has 0 unspecified atom stereocenters. The molecule has 3 heteroatoms. The third kappa shape index (κ3) is 3.00. The molecule has 3 rings (SSSR count). The van der Waals surface area contributed by atoms with Crippen LogP contribution in [0.25, 0.3) is 10.8 Å². The second-order valence-corrected chi connectivity index (χ2v) is 5.44. The van der Waals surface area contributed by atoms with Gasteiger partial charge in [-0.15, -0.1) is 0 Å². The fourth-order valence-corrected chi connectivity index (χ4v) is 2.71. The first-order valence-electron chi connectivity index (χ1n) is 6.34. The smallest absolute Gasteiger partial charge is 0.288 e. The van der Waals surface area contributed by atoms with Crippen LogP contribution in [0.3, 0.4) is 0 Å². The van der Waals surface area contributed by atoms with Gasteiger partial charge in [-0.2, -0.15) is 0 Å². The van der Waals surface area contributed by atoms with E-state index in [1.54, 1.807) is 0 Å². The zero-order chi connectivity index (χ0) is 13.8. The van der Waals surface area contributed by atoms with Crippen molar-refractivity contribution < 1.29 is 4.79 Å². The Bertz CT molecular complexity index is 740. The van der Waals surface area contributed by atoms with Crippen LogP contribution in [-0.2, 0) is 0 Å². The molecule has 1 amide bonds.